The number of carbonyl (C=O) groups is 1. The fraction of sp³-hybridized carbons (Fsp3) is 0.333. The van der Waals surface area contributed by atoms with E-state index >= 15 is 0 Å². The lowest BCUT2D eigenvalue weighted by Crippen LogP contribution is -2.33. The van der Waals surface area contributed by atoms with Crippen molar-refractivity contribution in [3.8, 4) is 10.4 Å². The zero-order chi connectivity index (χ0) is 17.5. The molecular weight excluding hydrogens is 365 g/mol. The van der Waals surface area contributed by atoms with Crippen LogP contribution in [0, 0.1) is 11.8 Å². The first-order chi connectivity index (χ1) is 11.3. The van der Waals surface area contributed by atoms with E-state index in [4.69, 9.17) is 16.7 Å². The molecule has 9 heteroatoms. The fourth-order valence-electron chi connectivity index (χ4n) is 2.70. The maximum Gasteiger partial charge on any atom is 0.394 e. The summed E-state index contributed by atoms with van der Waals surface area (Å²) in [7, 11) is 0. The van der Waals surface area contributed by atoms with Crippen molar-refractivity contribution in [2.45, 2.75) is 6.18 Å². The molecule has 1 saturated heterocycles. The summed E-state index contributed by atoms with van der Waals surface area (Å²) in [6.45, 7) is -0.596. The van der Waals surface area contributed by atoms with Gasteiger partial charge in [-0.15, -0.1) is 0 Å². The van der Waals surface area contributed by atoms with E-state index in [2.05, 4.69) is 4.98 Å². The van der Waals surface area contributed by atoms with Crippen LogP contribution >= 0.6 is 22.9 Å². The number of nitrogens with zero attached hydrogens (tertiary/aromatic N) is 2. The van der Waals surface area contributed by atoms with Crippen LogP contribution in [0.15, 0.2) is 30.5 Å². The number of benzene rings is 1. The van der Waals surface area contributed by atoms with Crippen molar-refractivity contribution < 1.29 is 23.1 Å². The molecular formula is C15H12ClF3N2O2S. The highest BCUT2D eigenvalue weighted by Gasteiger charge is 2.53. The van der Waals surface area contributed by atoms with Crippen LogP contribution in [0.5, 0.6) is 0 Å². The van der Waals surface area contributed by atoms with Crippen LogP contribution in [0.4, 0.5) is 18.3 Å². The quantitative estimate of drug-likeness (QED) is 0.873. The van der Waals surface area contributed by atoms with Gasteiger partial charge in [0.15, 0.2) is 5.13 Å². The van der Waals surface area contributed by atoms with Gasteiger partial charge in [-0.1, -0.05) is 35.1 Å². The average Bonchev–Trinajstić information content (AvgIpc) is 3.14. The van der Waals surface area contributed by atoms with Gasteiger partial charge >= 0.3 is 12.1 Å². The first-order valence-corrected chi connectivity index (χ1v) is 8.21. The monoisotopic (exact) mass is 376 g/mol. The minimum absolute atomic E-state index is 0.201. The smallest absolute Gasteiger partial charge is 0.394 e. The van der Waals surface area contributed by atoms with E-state index in [0.717, 1.165) is 10.4 Å². The second kappa shape index (κ2) is 6.25. The molecule has 2 heterocycles. The number of carboxylic acids is 1. The fourth-order valence-corrected chi connectivity index (χ4v) is 3.77. The SMILES string of the molecule is O=C(O)[C@@H]1CN(c2ncc(-c3ccc(Cl)cc3)s2)C[C@H]1C(F)(F)F. The summed E-state index contributed by atoms with van der Waals surface area (Å²) >= 11 is 7.06. The molecule has 24 heavy (non-hydrogen) atoms. The lowest BCUT2D eigenvalue weighted by atomic mass is 9.96. The second-order valence-electron chi connectivity index (χ2n) is 5.51. The maximum absolute atomic E-state index is 13.0. The van der Waals surface area contributed by atoms with Gasteiger partial charge in [-0.2, -0.15) is 13.2 Å². The van der Waals surface area contributed by atoms with E-state index in [0.29, 0.717) is 10.2 Å². The van der Waals surface area contributed by atoms with Crippen molar-refractivity contribution in [2.75, 3.05) is 18.0 Å². The highest BCUT2D eigenvalue weighted by atomic mass is 35.5. The molecule has 0 radical (unpaired) electrons. The number of alkyl halides is 3. The summed E-state index contributed by atoms with van der Waals surface area (Å²) in [6.07, 6.45) is -2.98. The third-order valence-electron chi connectivity index (χ3n) is 3.95. The predicted octanol–water partition coefficient (Wildman–Crippen LogP) is 4.16. The van der Waals surface area contributed by atoms with Crippen LogP contribution < -0.4 is 4.90 Å². The van der Waals surface area contributed by atoms with Gasteiger partial charge in [0.1, 0.15) is 0 Å². The Morgan fingerprint density at radius 2 is 1.96 bits per heavy atom. The summed E-state index contributed by atoms with van der Waals surface area (Å²) in [4.78, 5) is 17.5. The molecule has 4 nitrogen and oxygen atoms in total. The average molecular weight is 377 g/mol. The molecule has 1 aliphatic heterocycles. The van der Waals surface area contributed by atoms with Crippen molar-refractivity contribution >= 4 is 34.0 Å². The Balaban J connectivity index is 1.83. The minimum Gasteiger partial charge on any atom is -0.481 e. The summed E-state index contributed by atoms with van der Waals surface area (Å²) in [5.74, 6) is -4.81. The molecule has 1 N–H and O–H groups in total. The maximum atomic E-state index is 13.0. The number of hydrogen-bond acceptors (Lipinski definition) is 4. The normalized spacial score (nSPS) is 21.2. The van der Waals surface area contributed by atoms with Crippen molar-refractivity contribution in [1.29, 1.82) is 0 Å². The van der Waals surface area contributed by atoms with Crippen molar-refractivity contribution in [1.82, 2.24) is 4.98 Å². The molecule has 0 saturated carbocycles. The Morgan fingerprint density at radius 3 is 2.50 bits per heavy atom. The molecule has 0 aliphatic carbocycles. The molecule has 3 rings (SSSR count). The van der Waals surface area contributed by atoms with E-state index < -0.39 is 30.5 Å². The highest BCUT2D eigenvalue weighted by molar-refractivity contribution is 7.18. The van der Waals surface area contributed by atoms with E-state index in [1.165, 1.54) is 16.2 Å². The van der Waals surface area contributed by atoms with E-state index in [1.54, 1.807) is 30.5 Å². The first-order valence-electron chi connectivity index (χ1n) is 7.02. The lowest BCUT2D eigenvalue weighted by Gasteiger charge is -2.17. The number of thiazole rings is 1. The molecule has 1 aliphatic rings. The van der Waals surface area contributed by atoms with Gasteiger partial charge < -0.3 is 10.0 Å². The van der Waals surface area contributed by atoms with Gasteiger partial charge in [0, 0.05) is 24.3 Å². The lowest BCUT2D eigenvalue weighted by molar-refractivity contribution is -0.187. The summed E-state index contributed by atoms with van der Waals surface area (Å²) in [5, 5.41) is 10.0. The van der Waals surface area contributed by atoms with Crippen molar-refractivity contribution in [3.05, 3.63) is 35.5 Å². The van der Waals surface area contributed by atoms with E-state index in [1.807, 2.05) is 0 Å². The Morgan fingerprint density at radius 1 is 1.29 bits per heavy atom. The van der Waals surface area contributed by atoms with Gasteiger partial charge in [-0.3, -0.25) is 4.79 Å². The Labute approximate surface area is 144 Å². The van der Waals surface area contributed by atoms with Crippen molar-refractivity contribution in [2.24, 2.45) is 11.8 Å². The molecule has 0 unspecified atom stereocenters. The number of anilines is 1. The molecule has 0 spiro atoms. The zero-order valence-electron chi connectivity index (χ0n) is 12.1. The third kappa shape index (κ3) is 3.34. The second-order valence-corrected chi connectivity index (χ2v) is 6.96. The van der Waals surface area contributed by atoms with Gasteiger partial charge in [0.25, 0.3) is 0 Å². The largest absolute Gasteiger partial charge is 0.481 e. The van der Waals surface area contributed by atoms with Crippen LogP contribution in [0.3, 0.4) is 0 Å². The van der Waals surface area contributed by atoms with Crippen LogP contribution in [-0.4, -0.2) is 35.3 Å². The number of hydrogen-bond donors (Lipinski definition) is 1. The zero-order valence-corrected chi connectivity index (χ0v) is 13.7. The highest BCUT2D eigenvalue weighted by Crippen LogP contribution is 2.41. The Kier molecular flexibility index (Phi) is 4.44. The number of carboxylic acid groups (broad SMARTS) is 1. The third-order valence-corrected chi connectivity index (χ3v) is 5.31. The van der Waals surface area contributed by atoms with Crippen LogP contribution in [0.25, 0.3) is 10.4 Å². The van der Waals surface area contributed by atoms with Crippen LogP contribution in [0.2, 0.25) is 5.02 Å². The van der Waals surface area contributed by atoms with Crippen LogP contribution in [0.1, 0.15) is 0 Å². The molecule has 1 aromatic carbocycles. The van der Waals surface area contributed by atoms with E-state index in [-0.39, 0.29) is 6.54 Å². The van der Waals surface area contributed by atoms with Gasteiger partial charge in [0.05, 0.1) is 16.7 Å². The molecule has 1 fully saturated rings. The molecule has 128 valence electrons. The molecule has 1 aromatic heterocycles. The minimum atomic E-state index is -4.55. The molecule has 2 atom stereocenters. The van der Waals surface area contributed by atoms with Crippen LogP contribution in [-0.2, 0) is 4.79 Å². The summed E-state index contributed by atoms with van der Waals surface area (Å²) < 4.78 is 39.1. The Hall–Kier alpha value is -1.80. The molecule has 2 aromatic rings. The van der Waals surface area contributed by atoms with Gasteiger partial charge in [-0.25, -0.2) is 4.98 Å². The van der Waals surface area contributed by atoms with Gasteiger partial charge in [0.2, 0.25) is 0 Å². The number of aliphatic carboxylic acids is 1. The Bertz CT molecular complexity index is 748. The van der Waals surface area contributed by atoms with E-state index in [9.17, 15) is 18.0 Å². The first kappa shape index (κ1) is 17.0. The molecule has 0 amide bonds. The molecule has 0 bridgehead atoms. The summed E-state index contributed by atoms with van der Waals surface area (Å²) in [6, 6.07) is 7.02. The standard InChI is InChI=1S/C15H12ClF3N2O2S/c16-9-3-1-8(2-4-9)12-5-20-14(24-12)21-6-10(13(22)23)11(7-21)15(17,18)19/h1-5,10-11H,6-7H2,(H,22,23)/t10-,11-/m1/s1. The summed E-state index contributed by atoms with van der Waals surface area (Å²) in [5.41, 5.74) is 0.851. The van der Waals surface area contributed by atoms with Crippen molar-refractivity contribution in [3.63, 3.8) is 0 Å². The number of rotatable bonds is 3. The number of aromatic nitrogens is 1. The predicted molar refractivity (Wildman–Crippen MR) is 85.4 cm³/mol. The topological polar surface area (TPSA) is 53.4 Å². The van der Waals surface area contributed by atoms with Gasteiger partial charge in [-0.05, 0) is 17.7 Å². The number of halogens is 4.